The zero-order valence-electron chi connectivity index (χ0n) is 18.8. The van der Waals surface area contributed by atoms with E-state index in [0.29, 0.717) is 43.7 Å². The molecule has 2 aliphatic rings. The Labute approximate surface area is 191 Å². The summed E-state index contributed by atoms with van der Waals surface area (Å²) in [5.74, 6) is -0.625. The third kappa shape index (κ3) is 4.93. The molecule has 1 aromatic heterocycles. The van der Waals surface area contributed by atoms with E-state index in [0.717, 1.165) is 6.26 Å². The van der Waals surface area contributed by atoms with Crippen LogP contribution in [0.1, 0.15) is 42.4 Å². The molecule has 2 N–H and O–H groups in total. The van der Waals surface area contributed by atoms with Gasteiger partial charge in [-0.15, -0.1) is 5.10 Å². The second kappa shape index (κ2) is 8.42. The predicted molar refractivity (Wildman–Crippen MR) is 117 cm³/mol. The van der Waals surface area contributed by atoms with Crippen molar-refractivity contribution in [3.8, 4) is 5.69 Å². The lowest BCUT2D eigenvalue weighted by Crippen LogP contribution is -2.64. The number of aliphatic hydroxyl groups is 1. The number of benzene rings is 1. The van der Waals surface area contributed by atoms with Crippen LogP contribution in [-0.4, -0.2) is 82.5 Å². The maximum atomic E-state index is 13.2. The fourth-order valence-corrected chi connectivity index (χ4v) is 5.30. The SMILES string of the molecule is Cc1c(C(=O)N2CCC3(CC2)C[C@H](NS(C)(=O)=O)[C@@](C)(O)CO3)nnn1-c1ccc(F)cc1. The highest BCUT2D eigenvalue weighted by Crippen LogP contribution is 2.38. The largest absolute Gasteiger partial charge is 0.386 e. The monoisotopic (exact) mass is 481 g/mol. The number of likely N-dealkylation sites (tertiary alicyclic amines) is 1. The number of hydrogen-bond acceptors (Lipinski definition) is 7. The lowest BCUT2D eigenvalue weighted by Gasteiger charge is -2.50. The first-order chi connectivity index (χ1) is 15.4. The van der Waals surface area contributed by atoms with Crippen molar-refractivity contribution in [3.05, 3.63) is 41.5 Å². The van der Waals surface area contributed by atoms with E-state index in [1.807, 2.05) is 0 Å². The molecule has 12 heteroatoms. The molecular weight excluding hydrogens is 453 g/mol. The number of carbonyl (C=O) groups is 1. The molecule has 3 heterocycles. The Kier molecular flexibility index (Phi) is 6.06. The predicted octanol–water partition coefficient (Wildman–Crippen LogP) is 0.779. The summed E-state index contributed by atoms with van der Waals surface area (Å²) in [5, 5.41) is 18.7. The minimum Gasteiger partial charge on any atom is -0.386 e. The van der Waals surface area contributed by atoms with Crippen LogP contribution < -0.4 is 4.72 Å². The molecule has 2 aliphatic heterocycles. The summed E-state index contributed by atoms with van der Waals surface area (Å²) in [5.41, 5.74) is -0.571. The van der Waals surface area contributed by atoms with E-state index < -0.39 is 27.3 Å². The molecule has 0 saturated carbocycles. The average molecular weight is 482 g/mol. The molecule has 1 amide bonds. The summed E-state index contributed by atoms with van der Waals surface area (Å²) in [4.78, 5) is 14.8. The van der Waals surface area contributed by atoms with E-state index in [2.05, 4.69) is 15.0 Å². The lowest BCUT2D eigenvalue weighted by molar-refractivity contribution is -0.187. The van der Waals surface area contributed by atoms with Crippen LogP contribution >= 0.6 is 0 Å². The quantitative estimate of drug-likeness (QED) is 0.661. The van der Waals surface area contributed by atoms with Crippen molar-refractivity contribution in [2.75, 3.05) is 26.0 Å². The number of aromatic nitrogens is 3. The van der Waals surface area contributed by atoms with Gasteiger partial charge in [-0.05, 0) is 57.4 Å². The molecule has 1 aromatic carbocycles. The lowest BCUT2D eigenvalue weighted by atomic mass is 9.78. The second-order valence-corrected chi connectivity index (χ2v) is 11.0. The molecule has 0 aliphatic carbocycles. The molecule has 4 rings (SSSR count). The van der Waals surface area contributed by atoms with Gasteiger partial charge >= 0.3 is 0 Å². The van der Waals surface area contributed by atoms with Gasteiger partial charge in [-0.1, -0.05) is 5.21 Å². The van der Waals surface area contributed by atoms with E-state index in [4.69, 9.17) is 4.74 Å². The van der Waals surface area contributed by atoms with Gasteiger partial charge in [-0.2, -0.15) is 0 Å². The standard InChI is InChI=1S/C21H28FN5O5S/c1-14-18(23-25-27(14)16-6-4-15(22)5-7-16)19(28)26-10-8-21(9-11-26)12-17(24-33(3,30)31)20(2,29)13-32-21/h4-7,17,24,29H,8-13H2,1-3H3/t17-,20-/m0/s1. The van der Waals surface area contributed by atoms with Crippen LogP contribution in [0.15, 0.2) is 24.3 Å². The summed E-state index contributed by atoms with van der Waals surface area (Å²) < 4.78 is 46.8. The van der Waals surface area contributed by atoms with Gasteiger partial charge in [0.25, 0.3) is 5.91 Å². The van der Waals surface area contributed by atoms with Gasteiger partial charge in [0.05, 0.1) is 35.9 Å². The van der Waals surface area contributed by atoms with Crippen LogP contribution in [0.2, 0.25) is 0 Å². The van der Waals surface area contributed by atoms with Crippen molar-refractivity contribution < 1.29 is 27.4 Å². The Hall–Kier alpha value is -2.41. The van der Waals surface area contributed by atoms with Crippen molar-refractivity contribution >= 4 is 15.9 Å². The Balaban J connectivity index is 1.45. The molecule has 33 heavy (non-hydrogen) atoms. The number of rotatable bonds is 4. The van der Waals surface area contributed by atoms with E-state index in [9.17, 15) is 22.7 Å². The molecule has 2 atom stereocenters. The summed E-state index contributed by atoms with van der Waals surface area (Å²) in [7, 11) is -3.51. The minimum atomic E-state index is -3.51. The van der Waals surface area contributed by atoms with Gasteiger partial charge < -0.3 is 14.7 Å². The van der Waals surface area contributed by atoms with Crippen LogP contribution in [0.4, 0.5) is 4.39 Å². The summed E-state index contributed by atoms with van der Waals surface area (Å²) >= 11 is 0. The maximum Gasteiger partial charge on any atom is 0.276 e. The first-order valence-electron chi connectivity index (χ1n) is 10.7. The Morgan fingerprint density at radius 1 is 1.27 bits per heavy atom. The first-order valence-corrected chi connectivity index (χ1v) is 12.6. The Morgan fingerprint density at radius 3 is 2.52 bits per heavy atom. The van der Waals surface area contributed by atoms with E-state index in [1.165, 1.54) is 16.8 Å². The molecule has 2 fully saturated rings. The van der Waals surface area contributed by atoms with Crippen LogP contribution in [0, 0.1) is 12.7 Å². The summed E-state index contributed by atoms with van der Waals surface area (Å²) in [6.45, 7) is 4.08. The highest BCUT2D eigenvalue weighted by molar-refractivity contribution is 7.88. The van der Waals surface area contributed by atoms with Crippen molar-refractivity contribution in [1.29, 1.82) is 0 Å². The number of nitrogens with one attached hydrogen (secondary N) is 1. The second-order valence-electron chi connectivity index (χ2n) is 9.18. The van der Waals surface area contributed by atoms with Crippen molar-refractivity contribution in [2.45, 2.75) is 50.4 Å². The van der Waals surface area contributed by atoms with Gasteiger partial charge in [-0.25, -0.2) is 22.2 Å². The van der Waals surface area contributed by atoms with E-state index in [-0.39, 0.29) is 24.0 Å². The van der Waals surface area contributed by atoms with Crippen LogP contribution in [0.25, 0.3) is 5.69 Å². The third-order valence-corrected chi connectivity index (χ3v) is 7.20. The zero-order valence-corrected chi connectivity index (χ0v) is 19.6. The summed E-state index contributed by atoms with van der Waals surface area (Å²) in [6, 6.07) is 5.07. The van der Waals surface area contributed by atoms with E-state index >= 15 is 0 Å². The Morgan fingerprint density at radius 2 is 1.91 bits per heavy atom. The van der Waals surface area contributed by atoms with Crippen molar-refractivity contribution in [1.82, 2.24) is 24.6 Å². The molecule has 180 valence electrons. The topological polar surface area (TPSA) is 127 Å². The fraction of sp³-hybridized carbons (Fsp3) is 0.571. The molecule has 1 spiro atoms. The van der Waals surface area contributed by atoms with Gasteiger partial charge in [0.2, 0.25) is 10.0 Å². The number of nitrogens with zero attached hydrogens (tertiary/aromatic N) is 4. The number of halogens is 1. The van der Waals surface area contributed by atoms with Gasteiger partial charge in [0.1, 0.15) is 11.4 Å². The van der Waals surface area contributed by atoms with E-state index in [1.54, 1.807) is 30.9 Å². The van der Waals surface area contributed by atoms with Gasteiger partial charge in [0, 0.05) is 13.1 Å². The highest BCUT2D eigenvalue weighted by atomic mass is 32.2. The average Bonchev–Trinajstić information content (AvgIpc) is 3.12. The molecule has 0 unspecified atom stereocenters. The number of hydrogen-bond donors (Lipinski definition) is 2. The van der Waals surface area contributed by atoms with Crippen molar-refractivity contribution in [2.24, 2.45) is 0 Å². The number of carbonyl (C=O) groups excluding carboxylic acids is 1. The highest BCUT2D eigenvalue weighted by Gasteiger charge is 2.49. The smallest absolute Gasteiger partial charge is 0.276 e. The van der Waals surface area contributed by atoms with Crippen LogP contribution in [0.5, 0.6) is 0 Å². The van der Waals surface area contributed by atoms with Crippen molar-refractivity contribution in [3.63, 3.8) is 0 Å². The number of amides is 1. The van der Waals surface area contributed by atoms with Crippen LogP contribution in [-0.2, 0) is 14.8 Å². The number of piperidine rings is 1. The number of sulfonamides is 1. The van der Waals surface area contributed by atoms with Gasteiger partial charge in [0.15, 0.2) is 5.69 Å². The molecular formula is C21H28FN5O5S. The van der Waals surface area contributed by atoms with Crippen LogP contribution in [0.3, 0.4) is 0 Å². The molecule has 10 nitrogen and oxygen atoms in total. The minimum absolute atomic E-state index is 0.000757. The Bertz CT molecular complexity index is 1140. The molecule has 2 aromatic rings. The fourth-order valence-electron chi connectivity index (χ4n) is 4.45. The maximum absolute atomic E-state index is 13.2. The van der Waals surface area contributed by atoms with Gasteiger partial charge in [-0.3, -0.25) is 4.79 Å². The first kappa shape index (κ1) is 23.7. The summed E-state index contributed by atoms with van der Waals surface area (Å²) in [6.07, 6.45) is 2.38. The zero-order chi connectivity index (χ0) is 24.0. The molecule has 2 saturated heterocycles. The third-order valence-electron chi connectivity index (χ3n) is 6.48. The molecule has 0 bridgehead atoms. The molecule has 0 radical (unpaired) electrons. The normalized spacial score (nSPS) is 25.4. The number of ether oxygens (including phenoxy) is 1.